The van der Waals surface area contributed by atoms with Gasteiger partial charge in [0.2, 0.25) is 5.88 Å². The van der Waals surface area contributed by atoms with Crippen LogP contribution in [0.5, 0.6) is 11.6 Å². The molecular weight excluding hydrogens is 480 g/mol. The molecule has 0 aromatic carbocycles. The molecule has 1 aliphatic heterocycles. The molecule has 5 rings (SSSR count). The van der Waals surface area contributed by atoms with Gasteiger partial charge in [-0.1, -0.05) is 18.2 Å². The number of ether oxygens (including phenoxy) is 2. The third-order valence-corrected chi connectivity index (χ3v) is 6.41. The topological polar surface area (TPSA) is 109 Å². The fraction of sp³-hybridized carbons (Fsp3) is 0.310. The largest absolute Gasteiger partial charge is 0.489 e. The molecule has 38 heavy (non-hydrogen) atoms. The molecule has 5 heterocycles. The van der Waals surface area contributed by atoms with Crippen molar-refractivity contribution in [2.24, 2.45) is 0 Å². The van der Waals surface area contributed by atoms with Gasteiger partial charge in [0.15, 0.2) is 0 Å². The monoisotopic (exact) mass is 510 g/mol. The van der Waals surface area contributed by atoms with E-state index in [1.165, 1.54) is 5.57 Å². The SMILES string of the molecule is COc1ccc(CN2CC=C(c3ccc(-c4cc(OCC(C)(C)O)cn5ncc(C#N)c45)cn3)CC2)cn1. The molecule has 194 valence electrons. The Labute approximate surface area is 221 Å². The van der Waals surface area contributed by atoms with Crippen LogP contribution in [0.25, 0.3) is 22.2 Å². The number of aromatic nitrogens is 4. The summed E-state index contributed by atoms with van der Waals surface area (Å²) in [6, 6.07) is 12.1. The van der Waals surface area contributed by atoms with E-state index in [1.54, 1.807) is 37.9 Å². The minimum absolute atomic E-state index is 0.127. The van der Waals surface area contributed by atoms with E-state index in [-0.39, 0.29) is 6.61 Å². The van der Waals surface area contributed by atoms with Gasteiger partial charge in [-0.2, -0.15) is 10.4 Å². The highest BCUT2D eigenvalue weighted by Gasteiger charge is 2.18. The zero-order valence-electron chi connectivity index (χ0n) is 21.8. The number of hydrogen-bond acceptors (Lipinski definition) is 8. The summed E-state index contributed by atoms with van der Waals surface area (Å²) in [7, 11) is 1.62. The second-order valence-electron chi connectivity index (χ2n) is 10.0. The number of nitrogens with zero attached hydrogens (tertiary/aromatic N) is 6. The van der Waals surface area contributed by atoms with E-state index in [2.05, 4.69) is 27.1 Å². The van der Waals surface area contributed by atoms with Crippen LogP contribution in [0.2, 0.25) is 0 Å². The van der Waals surface area contributed by atoms with E-state index >= 15 is 0 Å². The first-order valence-corrected chi connectivity index (χ1v) is 12.5. The van der Waals surface area contributed by atoms with Gasteiger partial charge in [-0.3, -0.25) is 9.88 Å². The molecule has 9 heteroatoms. The van der Waals surface area contributed by atoms with Crippen molar-refractivity contribution in [2.75, 3.05) is 26.8 Å². The first kappa shape index (κ1) is 25.4. The van der Waals surface area contributed by atoms with Crippen LogP contribution in [-0.4, -0.2) is 62.0 Å². The van der Waals surface area contributed by atoms with Crippen LogP contribution in [0, 0.1) is 11.3 Å². The summed E-state index contributed by atoms with van der Waals surface area (Å²) in [5.74, 6) is 1.17. The summed E-state index contributed by atoms with van der Waals surface area (Å²) in [4.78, 5) is 11.4. The van der Waals surface area contributed by atoms with Gasteiger partial charge in [-0.15, -0.1) is 0 Å². The van der Waals surface area contributed by atoms with Crippen LogP contribution in [0.15, 0.2) is 61.2 Å². The third kappa shape index (κ3) is 5.67. The van der Waals surface area contributed by atoms with Crippen molar-refractivity contribution in [1.29, 1.82) is 5.26 Å². The summed E-state index contributed by atoms with van der Waals surface area (Å²) < 4.78 is 12.6. The number of methoxy groups -OCH3 is 1. The fourth-order valence-electron chi connectivity index (χ4n) is 4.45. The fourth-order valence-corrected chi connectivity index (χ4v) is 4.45. The second-order valence-corrected chi connectivity index (χ2v) is 10.0. The molecule has 0 fully saturated rings. The van der Waals surface area contributed by atoms with Crippen LogP contribution in [0.1, 0.15) is 37.1 Å². The molecule has 0 radical (unpaired) electrons. The minimum Gasteiger partial charge on any atom is -0.489 e. The maximum absolute atomic E-state index is 10.1. The number of nitriles is 1. The number of aliphatic hydroxyl groups is 1. The van der Waals surface area contributed by atoms with Gasteiger partial charge in [0, 0.05) is 49.2 Å². The van der Waals surface area contributed by atoms with E-state index in [4.69, 9.17) is 14.5 Å². The number of hydrogen-bond donors (Lipinski definition) is 1. The van der Waals surface area contributed by atoms with Gasteiger partial charge >= 0.3 is 0 Å². The third-order valence-electron chi connectivity index (χ3n) is 6.41. The van der Waals surface area contributed by atoms with E-state index in [0.717, 1.165) is 48.4 Å². The van der Waals surface area contributed by atoms with Crippen molar-refractivity contribution in [3.63, 3.8) is 0 Å². The molecule has 4 aromatic rings. The highest BCUT2D eigenvalue weighted by molar-refractivity contribution is 5.85. The molecule has 0 unspecified atom stereocenters. The van der Waals surface area contributed by atoms with E-state index in [1.807, 2.05) is 42.7 Å². The number of rotatable bonds is 8. The summed E-state index contributed by atoms with van der Waals surface area (Å²) >= 11 is 0. The van der Waals surface area contributed by atoms with Crippen LogP contribution in [0.4, 0.5) is 0 Å². The maximum Gasteiger partial charge on any atom is 0.212 e. The zero-order valence-corrected chi connectivity index (χ0v) is 21.8. The van der Waals surface area contributed by atoms with Crippen LogP contribution in [0.3, 0.4) is 0 Å². The maximum atomic E-state index is 10.1. The Morgan fingerprint density at radius 2 is 2.00 bits per heavy atom. The van der Waals surface area contributed by atoms with Crippen molar-refractivity contribution in [2.45, 2.75) is 32.4 Å². The van der Waals surface area contributed by atoms with E-state index < -0.39 is 5.60 Å². The summed E-state index contributed by atoms with van der Waals surface area (Å²) in [5.41, 5.74) is 5.15. The number of fused-ring (bicyclic) bond motifs is 1. The van der Waals surface area contributed by atoms with Crippen LogP contribution >= 0.6 is 0 Å². The number of pyridine rings is 3. The van der Waals surface area contributed by atoms with Crippen molar-refractivity contribution in [1.82, 2.24) is 24.5 Å². The molecule has 1 N–H and O–H groups in total. The Hall–Kier alpha value is -4.26. The van der Waals surface area contributed by atoms with Gasteiger partial charge < -0.3 is 14.6 Å². The highest BCUT2D eigenvalue weighted by atomic mass is 16.5. The molecular formula is C29H30N6O3. The van der Waals surface area contributed by atoms with Crippen LogP contribution in [-0.2, 0) is 6.54 Å². The molecule has 0 bridgehead atoms. The Kier molecular flexibility index (Phi) is 7.09. The molecule has 0 saturated carbocycles. The van der Waals surface area contributed by atoms with Crippen molar-refractivity contribution in [3.8, 4) is 28.8 Å². The van der Waals surface area contributed by atoms with Gasteiger partial charge in [-0.25, -0.2) is 9.50 Å². The Balaban J connectivity index is 1.34. The van der Waals surface area contributed by atoms with Crippen molar-refractivity contribution < 1.29 is 14.6 Å². The average Bonchev–Trinajstić information content (AvgIpc) is 3.35. The van der Waals surface area contributed by atoms with Gasteiger partial charge in [0.25, 0.3) is 0 Å². The first-order valence-electron chi connectivity index (χ1n) is 12.5. The molecule has 0 saturated heterocycles. The normalized spacial score (nSPS) is 14.2. The van der Waals surface area contributed by atoms with E-state index in [0.29, 0.717) is 22.7 Å². The minimum atomic E-state index is -0.977. The Morgan fingerprint density at radius 3 is 2.63 bits per heavy atom. The molecule has 4 aromatic heterocycles. The standard InChI is InChI=1S/C29H30N6O3/c1-29(2,36)19-38-24-12-25(28-23(13-30)16-33-35(28)18-24)22-5-6-26(31-15-22)21-8-10-34(11-9-21)17-20-4-7-27(37-3)32-14-20/h4-8,12,14-16,18,36H,9-11,17,19H2,1-3H3. The average molecular weight is 511 g/mol. The molecule has 0 amide bonds. The molecule has 9 nitrogen and oxygen atoms in total. The van der Waals surface area contributed by atoms with Gasteiger partial charge in [0.05, 0.1) is 41.9 Å². The summed E-state index contributed by atoms with van der Waals surface area (Å²) in [6.45, 7) is 6.11. The Bertz CT molecular complexity index is 1500. The molecule has 0 aliphatic carbocycles. The lowest BCUT2D eigenvalue weighted by Crippen LogP contribution is -2.28. The second kappa shape index (κ2) is 10.6. The Morgan fingerprint density at radius 1 is 1.13 bits per heavy atom. The highest BCUT2D eigenvalue weighted by Crippen LogP contribution is 2.32. The lowest BCUT2D eigenvalue weighted by atomic mass is 10.0. The predicted molar refractivity (Wildman–Crippen MR) is 144 cm³/mol. The summed E-state index contributed by atoms with van der Waals surface area (Å²) in [5, 5.41) is 24.0. The van der Waals surface area contributed by atoms with Crippen LogP contribution < -0.4 is 9.47 Å². The predicted octanol–water partition coefficient (Wildman–Crippen LogP) is 4.11. The van der Waals surface area contributed by atoms with E-state index in [9.17, 15) is 10.4 Å². The lowest BCUT2D eigenvalue weighted by Gasteiger charge is -2.26. The summed E-state index contributed by atoms with van der Waals surface area (Å²) in [6.07, 6.45) is 10.1. The quantitative estimate of drug-likeness (QED) is 0.377. The zero-order chi connectivity index (χ0) is 26.7. The smallest absolute Gasteiger partial charge is 0.212 e. The van der Waals surface area contributed by atoms with Gasteiger partial charge in [-0.05, 0) is 43.5 Å². The first-order chi connectivity index (χ1) is 18.3. The lowest BCUT2D eigenvalue weighted by molar-refractivity contribution is 0.0283. The van der Waals surface area contributed by atoms with Crippen molar-refractivity contribution in [3.05, 3.63) is 78.0 Å². The molecule has 0 atom stereocenters. The molecule has 0 spiro atoms. The molecule has 1 aliphatic rings. The van der Waals surface area contributed by atoms with Gasteiger partial charge in [0.1, 0.15) is 18.4 Å². The van der Waals surface area contributed by atoms with Crippen molar-refractivity contribution >= 4 is 11.1 Å².